The highest BCUT2D eigenvalue weighted by molar-refractivity contribution is 7.80. The minimum absolute atomic E-state index is 0.149. The number of hydrogen-bond acceptors (Lipinski definition) is 4. The van der Waals surface area contributed by atoms with Crippen LogP contribution in [-0.4, -0.2) is 29.9 Å². The molecule has 0 amide bonds. The van der Waals surface area contributed by atoms with Crippen molar-refractivity contribution in [3.63, 3.8) is 0 Å². The Balaban J connectivity index is 2.98. The summed E-state index contributed by atoms with van der Waals surface area (Å²) in [7, 11) is 1.52. The first-order chi connectivity index (χ1) is 9.21. The molecule has 1 aromatic rings. The molecule has 20 heavy (non-hydrogen) atoms. The number of alkyl halides is 3. The van der Waals surface area contributed by atoms with Crippen molar-refractivity contribution >= 4 is 28.7 Å². The van der Waals surface area contributed by atoms with Gasteiger partial charge in [-0.15, -0.1) is 0 Å². The zero-order valence-electron chi connectivity index (χ0n) is 10.2. The summed E-state index contributed by atoms with van der Waals surface area (Å²) in [5, 5.41) is 16.0. The van der Waals surface area contributed by atoms with Gasteiger partial charge in [0.05, 0.1) is 16.7 Å². The third-order valence-corrected chi connectivity index (χ3v) is 2.30. The van der Waals surface area contributed by atoms with Gasteiger partial charge in [0.15, 0.2) is 11.7 Å². The lowest BCUT2D eigenvalue weighted by molar-refractivity contribution is -0.384. The van der Waals surface area contributed by atoms with Crippen LogP contribution in [0.2, 0.25) is 0 Å². The topological polar surface area (TPSA) is 76.4 Å². The Morgan fingerprint density at radius 2 is 2.10 bits per heavy atom. The van der Waals surface area contributed by atoms with Gasteiger partial charge in [-0.05, 0) is 12.2 Å². The Morgan fingerprint density at radius 1 is 1.45 bits per heavy atom. The summed E-state index contributed by atoms with van der Waals surface area (Å²) in [6, 6.07) is 3.21. The molecule has 0 saturated carbocycles. The predicted molar refractivity (Wildman–Crippen MR) is 69.9 cm³/mol. The number of ether oxygens (including phenoxy) is 1. The van der Waals surface area contributed by atoms with Crippen molar-refractivity contribution in [2.45, 2.75) is 6.18 Å². The number of hydrogen-bond donors (Lipinski definition) is 2. The molecule has 0 saturated heterocycles. The molecule has 6 nitrogen and oxygen atoms in total. The number of non-ortho nitro benzene ring substituents is 1. The van der Waals surface area contributed by atoms with Crippen LogP contribution in [0.4, 0.5) is 24.5 Å². The number of nitro groups is 1. The van der Waals surface area contributed by atoms with Gasteiger partial charge in [0.2, 0.25) is 0 Å². The molecule has 0 aromatic heterocycles. The van der Waals surface area contributed by atoms with E-state index in [0.717, 1.165) is 12.1 Å². The highest BCUT2D eigenvalue weighted by Gasteiger charge is 2.28. The molecule has 0 atom stereocenters. The number of halogens is 3. The second-order valence-corrected chi connectivity index (χ2v) is 3.99. The number of benzene rings is 1. The summed E-state index contributed by atoms with van der Waals surface area (Å²) in [6.07, 6.45) is -4.53. The Morgan fingerprint density at radius 3 is 2.60 bits per heavy atom. The van der Waals surface area contributed by atoms with Crippen LogP contribution in [0.3, 0.4) is 0 Å². The summed E-state index contributed by atoms with van der Waals surface area (Å²) in [6.45, 7) is -1.54. The van der Waals surface area contributed by atoms with Gasteiger partial charge in [-0.25, -0.2) is 0 Å². The molecule has 0 bridgehead atoms. The van der Waals surface area contributed by atoms with Crippen LogP contribution < -0.4 is 15.4 Å². The second kappa shape index (κ2) is 6.37. The highest BCUT2D eigenvalue weighted by atomic mass is 32.1. The second-order valence-electron chi connectivity index (χ2n) is 3.58. The summed E-state index contributed by atoms with van der Waals surface area (Å²) < 4.78 is 40.7. The summed E-state index contributed by atoms with van der Waals surface area (Å²) in [4.78, 5) is 9.97. The van der Waals surface area contributed by atoms with Gasteiger partial charge >= 0.3 is 6.18 Å². The van der Waals surface area contributed by atoms with Gasteiger partial charge in [-0.2, -0.15) is 13.2 Å². The summed E-state index contributed by atoms with van der Waals surface area (Å²) >= 11 is 4.80. The minimum Gasteiger partial charge on any atom is -0.484 e. The van der Waals surface area contributed by atoms with E-state index in [-0.39, 0.29) is 16.5 Å². The first-order valence-corrected chi connectivity index (χ1v) is 5.60. The molecule has 0 aliphatic rings. The first kappa shape index (κ1) is 16.0. The van der Waals surface area contributed by atoms with E-state index in [1.165, 1.54) is 13.1 Å². The Kier molecular flexibility index (Phi) is 5.08. The summed E-state index contributed by atoms with van der Waals surface area (Å²) in [5.41, 5.74) is -0.262. The van der Waals surface area contributed by atoms with Crippen LogP contribution in [-0.2, 0) is 0 Å². The maximum absolute atomic E-state index is 12.1. The Bertz CT molecular complexity index is 522. The lowest BCUT2D eigenvalue weighted by Gasteiger charge is -2.11. The minimum atomic E-state index is -4.53. The first-order valence-electron chi connectivity index (χ1n) is 5.19. The van der Waals surface area contributed by atoms with Gasteiger partial charge in [-0.3, -0.25) is 10.1 Å². The number of nitrogens with one attached hydrogen (secondary N) is 2. The number of rotatable bonds is 4. The fraction of sp³-hybridized carbons (Fsp3) is 0.300. The smallest absolute Gasteiger partial charge is 0.422 e. The van der Waals surface area contributed by atoms with E-state index in [0.29, 0.717) is 0 Å². The SMILES string of the molecule is CNC(=S)Nc1cc(OCC(F)(F)F)cc([N+](=O)[O-])c1. The Labute approximate surface area is 117 Å². The van der Waals surface area contributed by atoms with Crippen molar-refractivity contribution in [1.82, 2.24) is 5.32 Å². The fourth-order valence-electron chi connectivity index (χ4n) is 1.20. The molecule has 2 N–H and O–H groups in total. The highest BCUT2D eigenvalue weighted by Crippen LogP contribution is 2.27. The molecule has 110 valence electrons. The van der Waals surface area contributed by atoms with Crippen molar-refractivity contribution in [1.29, 1.82) is 0 Å². The Hall–Kier alpha value is -2.10. The molecule has 0 fully saturated rings. The number of anilines is 1. The van der Waals surface area contributed by atoms with E-state index in [1.54, 1.807) is 0 Å². The molecule has 1 rings (SSSR count). The van der Waals surface area contributed by atoms with E-state index in [9.17, 15) is 23.3 Å². The van der Waals surface area contributed by atoms with Crippen LogP contribution in [0, 0.1) is 10.1 Å². The van der Waals surface area contributed by atoms with Crippen molar-refractivity contribution in [2.24, 2.45) is 0 Å². The average Bonchev–Trinajstić information content (AvgIpc) is 2.35. The van der Waals surface area contributed by atoms with Crippen molar-refractivity contribution in [3.05, 3.63) is 28.3 Å². The molecule has 0 aliphatic carbocycles. The lowest BCUT2D eigenvalue weighted by Crippen LogP contribution is -2.24. The molecule has 10 heteroatoms. The largest absolute Gasteiger partial charge is 0.484 e. The third kappa shape index (κ3) is 5.26. The maximum Gasteiger partial charge on any atom is 0.422 e. The van der Waals surface area contributed by atoms with E-state index >= 15 is 0 Å². The average molecular weight is 309 g/mol. The van der Waals surface area contributed by atoms with E-state index < -0.39 is 23.4 Å². The third-order valence-electron chi connectivity index (χ3n) is 1.99. The fourth-order valence-corrected chi connectivity index (χ4v) is 1.32. The summed E-state index contributed by atoms with van der Waals surface area (Å²) in [5.74, 6) is -0.280. The van der Waals surface area contributed by atoms with Crippen LogP contribution >= 0.6 is 12.2 Å². The lowest BCUT2D eigenvalue weighted by atomic mass is 10.2. The van der Waals surface area contributed by atoms with E-state index in [4.69, 9.17) is 12.2 Å². The van der Waals surface area contributed by atoms with Gasteiger partial charge in [0, 0.05) is 19.2 Å². The number of nitrogens with zero attached hydrogens (tertiary/aromatic N) is 1. The molecule has 0 spiro atoms. The molecule has 0 heterocycles. The van der Waals surface area contributed by atoms with Gasteiger partial charge in [0.1, 0.15) is 5.75 Å². The normalized spacial score (nSPS) is 10.8. The maximum atomic E-state index is 12.1. The monoisotopic (exact) mass is 309 g/mol. The zero-order valence-corrected chi connectivity index (χ0v) is 11.0. The van der Waals surface area contributed by atoms with Crippen LogP contribution in [0.25, 0.3) is 0 Å². The van der Waals surface area contributed by atoms with Gasteiger partial charge in [-0.1, -0.05) is 0 Å². The van der Waals surface area contributed by atoms with Crippen LogP contribution in [0.5, 0.6) is 5.75 Å². The number of thiocarbonyl (C=S) groups is 1. The molecule has 0 unspecified atom stereocenters. The molecule has 0 aliphatic heterocycles. The van der Waals surface area contributed by atoms with Crippen molar-refractivity contribution in [2.75, 3.05) is 19.0 Å². The van der Waals surface area contributed by atoms with Crippen LogP contribution in [0.1, 0.15) is 0 Å². The van der Waals surface area contributed by atoms with Crippen LogP contribution in [0.15, 0.2) is 18.2 Å². The molecule has 0 radical (unpaired) electrons. The quantitative estimate of drug-likeness (QED) is 0.505. The van der Waals surface area contributed by atoms with Gasteiger partial charge < -0.3 is 15.4 Å². The van der Waals surface area contributed by atoms with E-state index in [1.807, 2.05) is 0 Å². The van der Waals surface area contributed by atoms with Crippen molar-refractivity contribution < 1.29 is 22.8 Å². The van der Waals surface area contributed by atoms with Crippen molar-refractivity contribution in [3.8, 4) is 5.75 Å². The van der Waals surface area contributed by atoms with Gasteiger partial charge in [0.25, 0.3) is 5.69 Å². The van der Waals surface area contributed by atoms with E-state index in [2.05, 4.69) is 15.4 Å². The molecular formula is C10H10F3N3O3S. The molecular weight excluding hydrogens is 299 g/mol. The zero-order chi connectivity index (χ0) is 15.3. The standard InChI is InChI=1S/C10H10F3N3O3S/c1-14-9(20)15-6-2-7(16(17)18)4-8(3-6)19-5-10(11,12)13/h2-4H,5H2,1H3,(H2,14,15,20). The predicted octanol–water partition coefficient (Wildman–Crippen LogP) is 2.45. The number of nitro benzene ring substituents is 1. The molecule has 1 aromatic carbocycles.